The van der Waals surface area contributed by atoms with E-state index in [2.05, 4.69) is 0 Å². The second-order valence-corrected chi connectivity index (χ2v) is 4.65. The number of halogens is 1. The fourth-order valence-corrected chi connectivity index (χ4v) is 2.31. The lowest BCUT2D eigenvalue weighted by Gasteiger charge is -2.02. The van der Waals surface area contributed by atoms with Gasteiger partial charge in [0.2, 0.25) is 5.43 Å². The standard InChI is InChI=1S/C15H9ClO4/c1-19-8-5-6-9-10-3-2-4-11(16)14(17)13(10)15(18)20-12(9)7-8/h2-7H,1H3. The molecule has 0 unspecified atom stereocenters. The summed E-state index contributed by atoms with van der Waals surface area (Å²) in [5.74, 6) is 0.570. The van der Waals surface area contributed by atoms with E-state index in [-0.39, 0.29) is 10.4 Å². The highest BCUT2D eigenvalue weighted by atomic mass is 35.5. The Bertz CT molecular complexity index is 944. The van der Waals surface area contributed by atoms with E-state index in [9.17, 15) is 9.59 Å². The minimum absolute atomic E-state index is 0.0137. The predicted octanol–water partition coefficient (Wildman–Crippen LogP) is 2.97. The number of rotatable bonds is 1. The maximum atomic E-state index is 12.1. The van der Waals surface area contributed by atoms with Crippen LogP contribution < -0.4 is 15.8 Å². The van der Waals surface area contributed by atoms with Crippen molar-refractivity contribution in [2.75, 3.05) is 7.11 Å². The Morgan fingerprint density at radius 1 is 1.10 bits per heavy atom. The van der Waals surface area contributed by atoms with Crippen molar-refractivity contribution >= 4 is 33.3 Å². The van der Waals surface area contributed by atoms with Crippen LogP contribution in [0.1, 0.15) is 0 Å². The summed E-state index contributed by atoms with van der Waals surface area (Å²) in [5, 5.41) is 1.11. The van der Waals surface area contributed by atoms with Crippen LogP contribution in [0.25, 0.3) is 21.7 Å². The average Bonchev–Trinajstić information content (AvgIpc) is 2.59. The van der Waals surface area contributed by atoms with E-state index in [4.69, 9.17) is 20.8 Å². The third-order valence-electron chi connectivity index (χ3n) is 3.10. The molecule has 5 heteroatoms. The molecular weight excluding hydrogens is 280 g/mol. The van der Waals surface area contributed by atoms with Crippen LogP contribution in [-0.4, -0.2) is 7.11 Å². The van der Waals surface area contributed by atoms with Crippen molar-refractivity contribution in [1.82, 2.24) is 0 Å². The molecule has 3 rings (SSSR count). The summed E-state index contributed by atoms with van der Waals surface area (Å²) in [7, 11) is 1.52. The molecule has 0 aliphatic heterocycles. The summed E-state index contributed by atoms with van der Waals surface area (Å²) in [6, 6.07) is 9.85. The first-order chi connectivity index (χ1) is 9.61. The van der Waals surface area contributed by atoms with Crippen LogP contribution >= 0.6 is 11.6 Å². The fourth-order valence-electron chi connectivity index (χ4n) is 2.14. The van der Waals surface area contributed by atoms with Gasteiger partial charge in [0.05, 0.1) is 12.1 Å². The third-order valence-corrected chi connectivity index (χ3v) is 3.40. The average molecular weight is 289 g/mol. The maximum Gasteiger partial charge on any atom is 0.348 e. The Kier molecular flexibility index (Phi) is 2.95. The van der Waals surface area contributed by atoms with Gasteiger partial charge in [0.1, 0.15) is 16.7 Å². The molecule has 0 amide bonds. The van der Waals surface area contributed by atoms with E-state index >= 15 is 0 Å². The van der Waals surface area contributed by atoms with Crippen LogP contribution in [0.15, 0.2) is 50.4 Å². The van der Waals surface area contributed by atoms with Crippen LogP contribution in [-0.2, 0) is 0 Å². The number of methoxy groups -OCH3 is 1. The van der Waals surface area contributed by atoms with Crippen molar-refractivity contribution < 1.29 is 9.15 Å². The van der Waals surface area contributed by atoms with Gasteiger partial charge in [-0.2, -0.15) is 0 Å². The van der Waals surface area contributed by atoms with Crippen molar-refractivity contribution in [2.24, 2.45) is 0 Å². The zero-order valence-corrected chi connectivity index (χ0v) is 11.2. The topological polar surface area (TPSA) is 56.5 Å². The Labute approximate surface area is 118 Å². The molecule has 0 atom stereocenters. The zero-order chi connectivity index (χ0) is 14.3. The van der Waals surface area contributed by atoms with Crippen molar-refractivity contribution in [1.29, 1.82) is 0 Å². The first kappa shape index (κ1) is 12.7. The predicted molar refractivity (Wildman–Crippen MR) is 77.8 cm³/mol. The summed E-state index contributed by atoms with van der Waals surface area (Å²) in [6.45, 7) is 0. The lowest BCUT2D eigenvalue weighted by atomic mass is 10.1. The monoisotopic (exact) mass is 288 g/mol. The van der Waals surface area contributed by atoms with E-state index < -0.39 is 11.1 Å². The SMILES string of the molecule is COc1ccc2c(c1)oc(=O)c1c(=O)c(Cl)cccc12. The number of benzene rings is 1. The summed E-state index contributed by atoms with van der Waals surface area (Å²) >= 11 is 5.83. The van der Waals surface area contributed by atoms with Gasteiger partial charge < -0.3 is 9.15 Å². The molecule has 0 aliphatic rings. The fraction of sp³-hybridized carbons (Fsp3) is 0.0667. The molecule has 100 valence electrons. The van der Waals surface area contributed by atoms with Crippen molar-refractivity contribution in [3.05, 3.63) is 62.1 Å². The summed E-state index contributed by atoms with van der Waals surface area (Å²) in [6.07, 6.45) is 0. The van der Waals surface area contributed by atoms with Crippen molar-refractivity contribution in [3.63, 3.8) is 0 Å². The van der Waals surface area contributed by atoms with Gasteiger partial charge in [-0.15, -0.1) is 0 Å². The summed E-state index contributed by atoms with van der Waals surface area (Å²) in [4.78, 5) is 24.1. The number of fused-ring (bicyclic) bond motifs is 3. The van der Waals surface area contributed by atoms with Gasteiger partial charge in [0.15, 0.2) is 0 Å². The molecule has 0 saturated heterocycles. The molecular formula is C15H9ClO4. The molecule has 20 heavy (non-hydrogen) atoms. The Balaban J connectivity index is 2.63. The third kappa shape index (κ3) is 1.85. The van der Waals surface area contributed by atoms with Gasteiger partial charge in [-0.1, -0.05) is 23.7 Å². The quantitative estimate of drug-likeness (QED) is 0.646. The Morgan fingerprint density at radius 3 is 2.65 bits per heavy atom. The first-order valence-electron chi connectivity index (χ1n) is 5.85. The van der Waals surface area contributed by atoms with E-state index in [1.165, 1.54) is 13.2 Å². The Morgan fingerprint density at radius 2 is 1.90 bits per heavy atom. The minimum atomic E-state index is -0.705. The minimum Gasteiger partial charge on any atom is -0.497 e. The van der Waals surface area contributed by atoms with Gasteiger partial charge in [-0.05, 0) is 18.2 Å². The van der Waals surface area contributed by atoms with Crippen LogP contribution in [0.4, 0.5) is 0 Å². The molecule has 4 nitrogen and oxygen atoms in total. The van der Waals surface area contributed by atoms with Gasteiger partial charge in [0.25, 0.3) is 0 Å². The van der Waals surface area contributed by atoms with Crippen molar-refractivity contribution in [2.45, 2.75) is 0 Å². The molecule has 1 heterocycles. The van der Waals surface area contributed by atoms with Crippen LogP contribution in [0, 0.1) is 0 Å². The molecule has 0 N–H and O–H groups in total. The summed E-state index contributed by atoms with van der Waals surface area (Å²) < 4.78 is 10.3. The smallest absolute Gasteiger partial charge is 0.348 e. The molecule has 1 aromatic heterocycles. The second-order valence-electron chi connectivity index (χ2n) is 4.24. The molecule has 2 aromatic carbocycles. The van der Waals surface area contributed by atoms with E-state index in [0.717, 1.165) is 0 Å². The van der Waals surface area contributed by atoms with Gasteiger partial charge in [-0.25, -0.2) is 4.79 Å². The highest BCUT2D eigenvalue weighted by molar-refractivity contribution is 6.31. The normalized spacial score (nSPS) is 10.9. The molecule has 0 aliphatic carbocycles. The lowest BCUT2D eigenvalue weighted by molar-refractivity contribution is 0.414. The van der Waals surface area contributed by atoms with Gasteiger partial charge >= 0.3 is 5.63 Å². The van der Waals surface area contributed by atoms with Crippen LogP contribution in [0.5, 0.6) is 5.75 Å². The number of hydrogen-bond donors (Lipinski definition) is 0. The van der Waals surface area contributed by atoms with Gasteiger partial charge in [0, 0.05) is 16.8 Å². The van der Waals surface area contributed by atoms with Crippen molar-refractivity contribution in [3.8, 4) is 5.75 Å². The molecule has 0 fully saturated rings. The van der Waals surface area contributed by atoms with E-state index in [1.54, 1.807) is 30.3 Å². The van der Waals surface area contributed by atoms with E-state index in [0.29, 0.717) is 22.1 Å². The van der Waals surface area contributed by atoms with Crippen LogP contribution in [0.2, 0.25) is 5.02 Å². The zero-order valence-electron chi connectivity index (χ0n) is 10.5. The molecule has 0 radical (unpaired) electrons. The maximum absolute atomic E-state index is 12.1. The second kappa shape index (κ2) is 4.65. The highest BCUT2D eigenvalue weighted by Gasteiger charge is 2.11. The number of hydrogen-bond acceptors (Lipinski definition) is 4. The molecule has 3 aromatic rings. The first-order valence-corrected chi connectivity index (χ1v) is 6.23. The summed E-state index contributed by atoms with van der Waals surface area (Å²) in [5.41, 5.74) is -0.870. The molecule has 0 saturated carbocycles. The Hall–Kier alpha value is -2.33. The largest absolute Gasteiger partial charge is 0.497 e. The van der Waals surface area contributed by atoms with Gasteiger partial charge in [-0.3, -0.25) is 4.79 Å². The molecule has 0 spiro atoms. The lowest BCUT2D eigenvalue weighted by Crippen LogP contribution is -2.10. The highest BCUT2D eigenvalue weighted by Crippen LogP contribution is 2.25. The van der Waals surface area contributed by atoms with Crippen LogP contribution in [0.3, 0.4) is 0 Å². The number of ether oxygens (including phenoxy) is 1. The molecule has 0 bridgehead atoms. The van der Waals surface area contributed by atoms with E-state index in [1.807, 2.05) is 0 Å².